The van der Waals surface area contributed by atoms with Gasteiger partial charge in [-0.15, -0.1) is 0 Å². The molecule has 0 radical (unpaired) electrons. The van der Waals surface area contributed by atoms with Crippen LogP contribution in [0, 0.1) is 0 Å². The number of hydrazine groups is 1. The molecular weight excluding hydrogens is 204 g/mol. The van der Waals surface area contributed by atoms with E-state index in [0.717, 1.165) is 16.6 Å². The summed E-state index contributed by atoms with van der Waals surface area (Å²) in [5.41, 5.74) is 4.87. The third kappa shape index (κ3) is 1.94. The fourth-order valence-corrected chi connectivity index (χ4v) is 1.40. The maximum absolute atomic E-state index is 5.31. The van der Waals surface area contributed by atoms with E-state index in [1.165, 1.54) is 5.56 Å². The van der Waals surface area contributed by atoms with Gasteiger partial charge in [0.1, 0.15) is 0 Å². The normalized spacial score (nSPS) is 9.73. The minimum Gasteiger partial charge on any atom is -0.324 e. The van der Waals surface area contributed by atoms with Crippen LogP contribution in [0.2, 0.25) is 0 Å². The first-order chi connectivity index (χ1) is 5.27. The van der Waals surface area contributed by atoms with Crippen molar-refractivity contribution in [1.29, 1.82) is 0 Å². The van der Waals surface area contributed by atoms with Crippen LogP contribution >= 0.6 is 15.9 Å². The van der Waals surface area contributed by atoms with Crippen molar-refractivity contribution in [2.75, 3.05) is 5.43 Å². The summed E-state index contributed by atoms with van der Waals surface area (Å²) in [5, 5.41) is 0. The molecule has 0 amide bonds. The Labute approximate surface area is 74.9 Å². The maximum Gasteiger partial charge on any atom is 0.0517 e. The standard InChI is InChI=1S/C8H11BrN2/c1-2-6-5-7(9)3-4-8(6)11-10/h3-5,11H,2,10H2,1H3. The van der Waals surface area contributed by atoms with Crippen molar-refractivity contribution in [3.8, 4) is 0 Å². The molecule has 0 fully saturated rings. The van der Waals surface area contributed by atoms with Gasteiger partial charge < -0.3 is 5.43 Å². The smallest absolute Gasteiger partial charge is 0.0517 e. The topological polar surface area (TPSA) is 38.0 Å². The number of nitrogens with one attached hydrogen (secondary N) is 1. The summed E-state index contributed by atoms with van der Waals surface area (Å²) < 4.78 is 1.09. The molecule has 0 saturated heterocycles. The first-order valence-corrected chi connectivity index (χ1v) is 4.32. The van der Waals surface area contributed by atoms with Gasteiger partial charge in [0.05, 0.1) is 5.69 Å². The van der Waals surface area contributed by atoms with Crippen molar-refractivity contribution < 1.29 is 0 Å². The fraction of sp³-hybridized carbons (Fsp3) is 0.250. The Morgan fingerprint density at radius 1 is 1.55 bits per heavy atom. The highest BCUT2D eigenvalue weighted by Gasteiger charge is 1.97. The molecule has 60 valence electrons. The summed E-state index contributed by atoms with van der Waals surface area (Å²) in [6, 6.07) is 5.99. The number of hydrogen-bond donors (Lipinski definition) is 2. The van der Waals surface area contributed by atoms with E-state index in [-0.39, 0.29) is 0 Å². The van der Waals surface area contributed by atoms with E-state index in [4.69, 9.17) is 5.84 Å². The van der Waals surface area contributed by atoms with Gasteiger partial charge >= 0.3 is 0 Å². The molecule has 0 unspecified atom stereocenters. The van der Waals surface area contributed by atoms with E-state index in [1.54, 1.807) is 0 Å². The largest absolute Gasteiger partial charge is 0.324 e. The van der Waals surface area contributed by atoms with Crippen LogP contribution < -0.4 is 11.3 Å². The molecule has 0 saturated carbocycles. The van der Waals surface area contributed by atoms with Gasteiger partial charge in [-0.05, 0) is 30.2 Å². The number of nitrogens with two attached hydrogens (primary N) is 1. The minimum atomic E-state index is 0.985. The molecule has 0 spiro atoms. The molecule has 0 bridgehead atoms. The fourth-order valence-electron chi connectivity index (χ4n) is 0.996. The van der Waals surface area contributed by atoms with Crippen LogP contribution in [0.3, 0.4) is 0 Å². The van der Waals surface area contributed by atoms with Crippen molar-refractivity contribution in [3.05, 3.63) is 28.2 Å². The molecule has 0 aromatic heterocycles. The van der Waals surface area contributed by atoms with E-state index < -0.39 is 0 Å². The van der Waals surface area contributed by atoms with Crippen LogP contribution in [-0.4, -0.2) is 0 Å². The van der Waals surface area contributed by atoms with Gasteiger partial charge in [0.2, 0.25) is 0 Å². The molecule has 0 aliphatic heterocycles. The van der Waals surface area contributed by atoms with E-state index in [9.17, 15) is 0 Å². The first-order valence-electron chi connectivity index (χ1n) is 3.53. The lowest BCUT2D eigenvalue weighted by molar-refractivity contribution is 1.12. The predicted octanol–water partition coefficient (Wildman–Crippen LogP) is 2.30. The van der Waals surface area contributed by atoms with Crippen LogP contribution in [0.4, 0.5) is 5.69 Å². The lowest BCUT2D eigenvalue weighted by Crippen LogP contribution is -2.08. The number of benzene rings is 1. The van der Waals surface area contributed by atoms with Crippen LogP contribution in [0.5, 0.6) is 0 Å². The first kappa shape index (κ1) is 8.56. The van der Waals surface area contributed by atoms with Crippen molar-refractivity contribution in [1.82, 2.24) is 0 Å². The average Bonchev–Trinajstić information content (AvgIpc) is 2.04. The molecule has 0 atom stereocenters. The zero-order valence-corrected chi connectivity index (χ0v) is 7.98. The molecule has 1 rings (SSSR count). The molecule has 0 heterocycles. The van der Waals surface area contributed by atoms with Gasteiger partial charge in [-0.3, -0.25) is 5.84 Å². The number of halogens is 1. The Balaban J connectivity index is 3.06. The Bertz CT molecular complexity index is 248. The van der Waals surface area contributed by atoms with Crippen molar-refractivity contribution >= 4 is 21.6 Å². The molecule has 0 aliphatic rings. The summed E-state index contributed by atoms with van der Waals surface area (Å²) in [7, 11) is 0. The quantitative estimate of drug-likeness (QED) is 0.586. The number of rotatable bonds is 2. The second kappa shape index (κ2) is 3.74. The van der Waals surface area contributed by atoms with Crippen LogP contribution in [-0.2, 0) is 6.42 Å². The predicted molar refractivity (Wildman–Crippen MR) is 51.3 cm³/mol. The zero-order chi connectivity index (χ0) is 8.27. The summed E-state index contributed by atoms with van der Waals surface area (Å²) >= 11 is 3.40. The molecule has 3 N–H and O–H groups in total. The Hall–Kier alpha value is -0.540. The summed E-state index contributed by atoms with van der Waals surface area (Å²) in [5.74, 6) is 5.31. The van der Waals surface area contributed by atoms with Crippen molar-refractivity contribution in [3.63, 3.8) is 0 Å². The lowest BCUT2D eigenvalue weighted by atomic mass is 10.1. The monoisotopic (exact) mass is 214 g/mol. The number of hydrogen-bond acceptors (Lipinski definition) is 2. The Morgan fingerprint density at radius 2 is 2.27 bits per heavy atom. The van der Waals surface area contributed by atoms with Gasteiger partial charge in [-0.2, -0.15) is 0 Å². The number of anilines is 1. The molecule has 1 aromatic rings. The van der Waals surface area contributed by atoms with Gasteiger partial charge in [-0.25, -0.2) is 0 Å². The molecule has 3 heteroatoms. The molecule has 11 heavy (non-hydrogen) atoms. The van der Waals surface area contributed by atoms with Crippen LogP contribution in [0.15, 0.2) is 22.7 Å². The second-order valence-corrected chi connectivity index (χ2v) is 3.22. The van der Waals surface area contributed by atoms with Crippen LogP contribution in [0.25, 0.3) is 0 Å². The number of nitrogen functional groups attached to an aromatic ring is 1. The van der Waals surface area contributed by atoms with E-state index in [1.807, 2.05) is 12.1 Å². The highest BCUT2D eigenvalue weighted by Crippen LogP contribution is 2.20. The maximum atomic E-state index is 5.31. The lowest BCUT2D eigenvalue weighted by Gasteiger charge is -2.06. The van der Waals surface area contributed by atoms with Crippen LogP contribution in [0.1, 0.15) is 12.5 Å². The Morgan fingerprint density at radius 3 is 2.82 bits per heavy atom. The minimum absolute atomic E-state index is 0.985. The molecular formula is C8H11BrN2. The second-order valence-electron chi connectivity index (χ2n) is 2.30. The van der Waals surface area contributed by atoms with E-state index in [0.29, 0.717) is 0 Å². The van der Waals surface area contributed by atoms with Crippen molar-refractivity contribution in [2.45, 2.75) is 13.3 Å². The highest BCUT2D eigenvalue weighted by molar-refractivity contribution is 9.10. The SMILES string of the molecule is CCc1cc(Br)ccc1NN. The van der Waals surface area contributed by atoms with Crippen molar-refractivity contribution in [2.24, 2.45) is 5.84 Å². The van der Waals surface area contributed by atoms with Gasteiger partial charge in [0, 0.05) is 4.47 Å². The Kier molecular flexibility index (Phi) is 2.91. The third-order valence-corrected chi connectivity index (χ3v) is 2.10. The van der Waals surface area contributed by atoms with E-state index >= 15 is 0 Å². The summed E-state index contributed by atoms with van der Waals surface area (Å²) in [4.78, 5) is 0. The summed E-state index contributed by atoms with van der Waals surface area (Å²) in [6.45, 7) is 2.10. The third-order valence-electron chi connectivity index (χ3n) is 1.60. The average molecular weight is 215 g/mol. The van der Waals surface area contributed by atoms with Gasteiger partial charge in [0.25, 0.3) is 0 Å². The molecule has 0 aliphatic carbocycles. The number of aryl methyl sites for hydroxylation is 1. The van der Waals surface area contributed by atoms with E-state index in [2.05, 4.69) is 34.3 Å². The highest BCUT2D eigenvalue weighted by atomic mass is 79.9. The van der Waals surface area contributed by atoms with Gasteiger partial charge in [-0.1, -0.05) is 22.9 Å². The zero-order valence-electron chi connectivity index (χ0n) is 6.39. The summed E-state index contributed by atoms with van der Waals surface area (Å²) in [6.07, 6.45) is 0.985. The molecule has 2 nitrogen and oxygen atoms in total. The van der Waals surface area contributed by atoms with Gasteiger partial charge in [0.15, 0.2) is 0 Å². The molecule has 1 aromatic carbocycles.